The Morgan fingerprint density at radius 1 is 1.33 bits per heavy atom. The Bertz CT molecular complexity index is 388. The van der Waals surface area contributed by atoms with Crippen LogP contribution in [0.3, 0.4) is 0 Å². The van der Waals surface area contributed by atoms with Gasteiger partial charge in [-0.15, -0.1) is 0 Å². The van der Waals surface area contributed by atoms with Crippen LogP contribution < -0.4 is 39.4 Å². The van der Waals surface area contributed by atoms with Crippen LogP contribution in [0.2, 0.25) is 0 Å². The van der Waals surface area contributed by atoms with Crippen LogP contribution in [0.5, 0.6) is 11.5 Å². The standard InChI is InChI=1S/C11H13O6.Na/c12-5-8-9(14)10(15)11(17-8)16-7-4-2-1-3-6(7)13;/h1-4,8-14H,5H2;/q-1;+1/t8-,9-,10-,11-;/m1./s1. The predicted molar refractivity (Wildman–Crippen MR) is 54.3 cm³/mol. The molecule has 4 atom stereocenters. The van der Waals surface area contributed by atoms with Gasteiger partial charge in [0.15, 0.2) is 17.8 Å². The van der Waals surface area contributed by atoms with E-state index in [-0.39, 0.29) is 41.1 Å². The molecular formula is C11H13NaO6. The second-order valence-electron chi connectivity index (χ2n) is 3.77. The van der Waals surface area contributed by atoms with Crippen molar-refractivity contribution in [2.75, 3.05) is 6.61 Å². The third-order valence-electron chi connectivity index (χ3n) is 2.58. The Morgan fingerprint density at radius 2 is 2.00 bits per heavy atom. The van der Waals surface area contributed by atoms with Crippen molar-refractivity contribution in [1.29, 1.82) is 0 Å². The van der Waals surface area contributed by atoms with Crippen molar-refractivity contribution in [1.82, 2.24) is 0 Å². The number of hydrogen-bond acceptors (Lipinski definition) is 6. The van der Waals surface area contributed by atoms with E-state index in [1.807, 2.05) is 0 Å². The van der Waals surface area contributed by atoms with Crippen molar-refractivity contribution in [3.63, 3.8) is 0 Å². The van der Waals surface area contributed by atoms with Crippen molar-refractivity contribution in [3.05, 3.63) is 24.3 Å². The minimum atomic E-state index is -1.52. The van der Waals surface area contributed by atoms with E-state index in [2.05, 4.69) is 0 Å². The topological polar surface area (TPSA) is 102 Å². The van der Waals surface area contributed by atoms with Gasteiger partial charge in [0.2, 0.25) is 0 Å². The van der Waals surface area contributed by atoms with Crippen LogP contribution in [0.15, 0.2) is 24.3 Å². The van der Waals surface area contributed by atoms with E-state index < -0.39 is 31.2 Å². The van der Waals surface area contributed by atoms with E-state index in [1.54, 1.807) is 12.1 Å². The third-order valence-corrected chi connectivity index (χ3v) is 2.58. The molecule has 3 N–H and O–H groups in total. The Hall–Kier alpha value is -0.340. The van der Waals surface area contributed by atoms with Crippen molar-refractivity contribution >= 4 is 0 Å². The fourth-order valence-electron chi connectivity index (χ4n) is 1.63. The van der Waals surface area contributed by atoms with Crippen LogP contribution in [0.1, 0.15) is 0 Å². The molecule has 1 aromatic carbocycles. The second kappa shape index (κ2) is 6.72. The zero-order valence-electron chi connectivity index (χ0n) is 9.89. The molecule has 0 saturated carbocycles. The first-order valence-electron chi connectivity index (χ1n) is 5.18. The molecule has 6 nitrogen and oxygen atoms in total. The average Bonchev–Trinajstić information content (AvgIpc) is 2.60. The molecule has 1 aromatic rings. The quantitative estimate of drug-likeness (QED) is 0.476. The van der Waals surface area contributed by atoms with Gasteiger partial charge in [0.05, 0.1) is 12.7 Å². The van der Waals surface area contributed by atoms with Gasteiger partial charge in [-0.2, -0.15) is 0 Å². The number of benzene rings is 1. The third kappa shape index (κ3) is 3.16. The fourth-order valence-corrected chi connectivity index (χ4v) is 1.63. The normalized spacial score (nSPS) is 30.8. The number of aliphatic hydroxyl groups excluding tert-OH is 2. The van der Waals surface area contributed by atoms with Crippen molar-refractivity contribution < 1.29 is 59.5 Å². The number of rotatable bonds is 3. The molecule has 7 heteroatoms. The predicted octanol–water partition coefficient (Wildman–Crippen LogP) is -4.42. The SMILES string of the molecule is [Na+].[O-][C@H]1[C@H](Oc2ccccc2O)O[C@H](CO)[C@H]1O. The first-order valence-corrected chi connectivity index (χ1v) is 5.18. The zero-order valence-corrected chi connectivity index (χ0v) is 11.9. The van der Waals surface area contributed by atoms with E-state index in [1.165, 1.54) is 12.1 Å². The van der Waals surface area contributed by atoms with Gasteiger partial charge in [-0.1, -0.05) is 12.1 Å². The Balaban J connectivity index is 0.00000162. The van der Waals surface area contributed by atoms with E-state index in [0.717, 1.165) is 0 Å². The first kappa shape index (κ1) is 15.7. The monoisotopic (exact) mass is 264 g/mol. The Morgan fingerprint density at radius 3 is 2.56 bits per heavy atom. The minimum Gasteiger partial charge on any atom is -0.846 e. The van der Waals surface area contributed by atoms with Gasteiger partial charge in [0, 0.05) is 0 Å². The molecule has 94 valence electrons. The number of aromatic hydroxyl groups is 1. The summed E-state index contributed by atoms with van der Waals surface area (Å²) < 4.78 is 10.2. The van der Waals surface area contributed by atoms with Gasteiger partial charge in [0.1, 0.15) is 6.10 Å². The molecule has 0 radical (unpaired) electrons. The Kier molecular flexibility index (Phi) is 5.87. The summed E-state index contributed by atoms with van der Waals surface area (Å²) in [5.41, 5.74) is 0. The molecule has 0 bridgehead atoms. The molecule has 0 spiro atoms. The molecule has 1 fully saturated rings. The maximum absolute atomic E-state index is 11.6. The maximum Gasteiger partial charge on any atom is 1.00 e. The number of hydrogen-bond donors (Lipinski definition) is 3. The molecule has 0 amide bonds. The van der Waals surface area contributed by atoms with Crippen LogP contribution >= 0.6 is 0 Å². The Labute approximate surface area is 126 Å². The van der Waals surface area contributed by atoms with E-state index in [9.17, 15) is 15.3 Å². The van der Waals surface area contributed by atoms with Crippen LogP contribution in [-0.4, -0.2) is 46.5 Å². The van der Waals surface area contributed by atoms with E-state index >= 15 is 0 Å². The van der Waals surface area contributed by atoms with Gasteiger partial charge in [-0.25, -0.2) is 0 Å². The molecule has 0 aromatic heterocycles. The summed E-state index contributed by atoms with van der Waals surface area (Å²) >= 11 is 0. The van der Waals surface area contributed by atoms with Gasteiger partial charge in [-0.3, -0.25) is 0 Å². The van der Waals surface area contributed by atoms with E-state index in [4.69, 9.17) is 14.6 Å². The number of para-hydroxylation sites is 2. The van der Waals surface area contributed by atoms with Gasteiger partial charge < -0.3 is 29.9 Å². The van der Waals surface area contributed by atoms with E-state index in [0.29, 0.717) is 0 Å². The van der Waals surface area contributed by atoms with Gasteiger partial charge in [-0.05, 0) is 18.2 Å². The summed E-state index contributed by atoms with van der Waals surface area (Å²) in [6, 6.07) is 6.12. The zero-order chi connectivity index (χ0) is 12.4. The molecular weight excluding hydrogens is 251 g/mol. The largest absolute Gasteiger partial charge is 1.00 e. The summed E-state index contributed by atoms with van der Waals surface area (Å²) in [5.74, 6) is -0.0191. The van der Waals surface area contributed by atoms with Crippen molar-refractivity contribution in [3.8, 4) is 11.5 Å². The van der Waals surface area contributed by atoms with Gasteiger partial charge >= 0.3 is 29.6 Å². The maximum atomic E-state index is 11.6. The number of ether oxygens (including phenoxy) is 2. The molecule has 18 heavy (non-hydrogen) atoms. The fraction of sp³-hybridized carbons (Fsp3) is 0.455. The minimum absolute atomic E-state index is 0. The second-order valence-corrected chi connectivity index (χ2v) is 3.77. The van der Waals surface area contributed by atoms with Crippen molar-refractivity contribution in [2.24, 2.45) is 0 Å². The number of aliphatic hydroxyl groups is 2. The summed E-state index contributed by atoms with van der Waals surface area (Å²) in [6.07, 6.45) is -5.02. The summed E-state index contributed by atoms with van der Waals surface area (Å²) in [4.78, 5) is 0. The molecule has 1 aliphatic heterocycles. The average molecular weight is 264 g/mol. The van der Waals surface area contributed by atoms with Crippen LogP contribution in [0.25, 0.3) is 0 Å². The van der Waals surface area contributed by atoms with Crippen LogP contribution in [-0.2, 0) is 4.74 Å². The molecule has 0 aliphatic carbocycles. The molecule has 0 unspecified atom stereocenters. The van der Waals surface area contributed by atoms with Crippen molar-refractivity contribution in [2.45, 2.75) is 24.6 Å². The first-order chi connectivity index (χ1) is 8.13. The van der Waals surface area contributed by atoms with Crippen LogP contribution in [0.4, 0.5) is 0 Å². The molecule has 1 saturated heterocycles. The molecule has 2 rings (SSSR count). The summed E-state index contributed by atoms with van der Waals surface area (Å²) in [7, 11) is 0. The van der Waals surface area contributed by atoms with Gasteiger partial charge in [0.25, 0.3) is 0 Å². The summed E-state index contributed by atoms with van der Waals surface area (Å²) in [5, 5.41) is 39.3. The van der Waals surface area contributed by atoms with Crippen LogP contribution in [0, 0.1) is 0 Å². The molecule has 1 heterocycles. The smallest absolute Gasteiger partial charge is 0.846 e. The molecule has 1 aliphatic rings. The number of phenols is 1. The summed E-state index contributed by atoms with van der Waals surface area (Å²) in [6.45, 7) is -0.458. The number of phenolic OH excluding ortho intramolecular Hbond substituents is 1.